The quantitative estimate of drug-likeness (QED) is 0.832. The molecule has 20 heavy (non-hydrogen) atoms. The number of carboxylic acid groups (broad SMARTS) is 1. The van der Waals surface area contributed by atoms with E-state index in [0.717, 1.165) is 5.69 Å². The van der Waals surface area contributed by atoms with Crippen LogP contribution in [0.15, 0.2) is 6.07 Å². The van der Waals surface area contributed by atoms with Gasteiger partial charge >= 0.3 is 5.97 Å². The van der Waals surface area contributed by atoms with Gasteiger partial charge in [-0.05, 0) is 32.3 Å². The standard InChI is InChI=1S/C14H23N3O3/c1-9(2)10-8-11(17(5)16-10)12(18)15-7-6-14(3,4)13(19)20/h8-9H,6-7H2,1-5H3,(H,15,18)(H,19,20). The molecule has 112 valence electrons. The summed E-state index contributed by atoms with van der Waals surface area (Å²) in [6.45, 7) is 7.63. The number of nitrogens with one attached hydrogen (secondary N) is 1. The highest BCUT2D eigenvalue weighted by Gasteiger charge is 2.26. The first-order chi connectivity index (χ1) is 9.15. The van der Waals surface area contributed by atoms with Crippen LogP contribution in [0.4, 0.5) is 0 Å². The number of aryl methyl sites for hydroxylation is 1. The molecule has 0 aromatic carbocycles. The number of carbonyl (C=O) groups is 2. The molecule has 0 spiro atoms. The van der Waals surface area contributed by atoms with E-state index in [-0.39, 0.29) is 11.8 Å². The second-order valence-electron chi connectivity index (χ2n) is 5.93. The molecule has 0 fully saturated rings. The van der Waals surface area contributed by atoms with E-state index in [4.69, 9.17) is 5.11 Å². The molecule has 0 aliphatic carbocycles. The number of nitrogens with zero attached hydrogens (tertiary/aromatic N) is 2. The molecule has 0 radical (unpaired) electrons. The van der Waals surface area contributed by atoms with Crippen LogP contribution in [0.2, 0.25) is 0 Å². The van der Waals surface area contributed by atoms with Crippen LogP contribution < -0.4 is 5.32 Å². The molecular formula is C14H23N3O3. The van der Waals surface area contributed by atoms with Crippen molar-refractivity contribution in [3.05, 3.63) is 17.5 Å². The molecule has 0 aliphatic rings. The predicted molar refractivity (Wildman–Crippen MR) is 75.7 cm³/mol. The van der Waals surface area contributed by atoms with Crippen molar-refractivity contribution >= 4 is 11.9 Å². The molecule has 1 rings (SSSR count). The number of hydrogen-bond donors (Lipinski definition) is 2. The molecule has 2 N–H and O–H groups in total. The van der Waals surface area contributed by atoms with Gasteiger partial charge in [0.25, 0.3) is 5.91 Å². The lowest BCUT2D eigenvalue weighted by Crippen LogP contribution is -2.32. The number of hydrogen-bond acceptors (Lipinski definition) is 3. The van der Waals surface area contributed by atoms with Gasteiger partial charge in [-0.15, -0.1) is 0 Å². The van der Waals surface area contributed by atoms with E-state index in [2.05, 4.69) is 10.4 Å². The molecule has 0 bridgehead atoms. The van der Waals surface area contributed by atoms with Crippen LogP contribution in [0.5, 0.6) is 0 Å². The number of aromatic nitrogens is 2. The Hall–Kier alpha value is -1.85. The van der Waals surface area contributed by atoms with E-state index < -0.39 is 11.4 Å². The highest BCUT2D eigenvalue weighted by Crippen LogP contribution is 2.19. The van der Waals surface area contributed by atoms with Crippen LogP contribution >= 0.6 is 0 Å². The van der Waals surface area contributed by atoms with Crippen LogP contribution in [0, 0.1) is 5.41 Å². The van der Waals surface area contributed by atoms with E-state index >= 15 is 0 Å². The molecule has 0 unspecified atom stereocenters. The fraction of sp³-hybridized carbons (Fsp3) is 0.643. The third-order valence-corrected chi connectivity index (χ3v) is 3.34. The molecule has 1 aromatic rings. The minimum absolute atomic E-state index is 0.229. The zero-order chi connectivity index (χ0) is 15.5. The van der Waals surface area contributed by atoms with Crippen molar-refractivity contribution in [2.75, 3.05) is 6.54 Å². The zero-order valence-corrected chi connectivity index (χ0v) is 12.7. The Kier molecular flexibility index (Phi) is 4.92. The van der Waals surface area contributed by atoms with Gasteiger partial charge in [0.15, 0.2) is 0 Å². The second kappa shape index (κ2) is 6.07. The molecule has 0 atom stereocenters. The fourth-order valence-corrected chi connectivity index (χ4v) is 1.67. The van der Waals surface area contributed by atoms with Gasteiger partial charge in [-0.3, -0.25) is 14.3 Å². The lowest BCUT2D eigenvalue weighted by molar-refractivity contribution is -0.147. The van der Waals surface area contributed by atoms with Crippen molar-refractivity contribution in [1.82, 2.24) is 15.1 Å². The average molecular weight is 281 g/mol. The maximum absolute atomic E-state index is 12.0. The predicted octanol–water partition coefficient (Wildman–Crippen LogP) is 1.77. The SMILES string of the molecule is CC(C)c1cc(C(=O)NCCC(C)(C)C(=O)O)n(C)n1. The van der Waals surface area contributed by atoms with Crippen LogP contribution in [0.25, 0.3) is 0 Å². The molecule has 6 nitrogen and oxygen atoms in total. The molecule has 0 saturated carbocycles. The first-order valence-corrected chi connectivity index (χ1v) is 6.70. The summed E-state index contributed by atoms with van der Waals surface area (Å²) < 4.78 is 1.55. The van der Waals surface area contributed by atoms with Crippen molar-refractivity contribution in [2.45, 2.75) is 40.0 Å². The Morgan fingerprint density at radius 1 is 1.45 bits per heavy atom. The van der Waals surface area contributed by atoms with Gasteiger partial charge in [0.05, 0.1) is 11.1 Å². The van der Waals surface area contributed by atoms with Gasteiger partial charge in [0.1, 0.15) is 5.69 Å². The Labute approximate surface area is 119 Å². The third-order valence-electron chi connectivity index (χ3n) is 3.34. The maximum Gasteiger partial charge on any atom is 0.309 e. The van der Waals surface area contributed by atoms with E-state index in [9.17, 15) is 9.59 Å². The summed E-state index contributed by atoms with van der Waals surface area (Å²) in [6.07, 6.45) is 0.378. The van der Waals surface area contributed by atoms with Crippen LogP contribution in [-0.4, -0.2) is 33.3 Å². The first kappa shape index (κ1) is 16.2. The molecule has 1 heterocycles. The number of amides is 1. The Morgan fingerprint density at radius 3 is 2.50 bits per heavy atom. The summed E-state index contributed by atoms with van der Waals surface area (Å²) in [5.41, 5.74) is 0.508. The third kappa shape index (κ3) is 3.82. The van der Waals surface area contributed by atoms with Crippen molar-refractivity contribution in [2.24, 2.45) is 12.5 Å². The number of aliphatic carboxylic acids is 1. The summed E-state index contributed by atoms with van der Waals surface area (Å²) in [7, 11) is 1.72. The molecule has 0 saturated heterocycles. The molecule has 1 amide bonds. The minimum Gasteiger partial charge on any atom is -0.481 e. The first-order valence-electron chi connectivity index (χ1n) is 6.70. The Morgan fingerprint density at radius 2 is 2.05 bits per heavy atom. The molecule has 6 heteroatoms. The highest BCUT2D eigenvalue weighted by atomic mass is 16.4. The van der Waals surface area contributed by atoms with Crippen LogP contribution in [-0.2, 0) is 11.8 Å². The summed E-state index contributed by atoms with van der Waals surface area (Å²) in [4.78, 5) is 23.0. The Balaban J connectivity index is 2.62. The average Bonchev–Trinajstić information content (AvgIpc) is 2.71. The van der Waals surface area contributed by atoms with Crippen molar-refractivity contribution in [3.8, 4) is 0 Å². The summed E-state index contributed by atoms with van der Waals surface area (Å²) in [5, 5.41) is 16.0. The lowest BCUT2D eigenvalue weighted by atomic mass is 9.90. The van der Waals surface area contributed by atoms with Crippen molar-refractivity contribution < 1.29 is 14.7 Å². The van der Waals surface area contributed by atoms with Crippen LogP contribution in [0.1, 0.15) is 56.2 Å². The van der Waals surface area contributed by atoms with E-state index in [1.54, 1.807) is 31.6 Å². The smallest absolute Gasteiger partial charge is 0.309 e. The fourth-order valence-electron chi connectivity index (χ4n) is 1.67. The molecule has 1 aromatic heterocycles. The van der Waals surface area contributed by atoms with E-state index in [0.29, 0.717) is 18.7 Å². The molecule has 0 aliphatic heterocycles. The highest BCUT2D eigenvalue weighted by molar-refractivity contribution is 5.92. The van der Waals surface area contributed by atoms with Gasteiger partial charge in [0, 0.05) is 13.6 Å². The topological polar surface area (TPSA) is 84.2 Å². The van der Waals surface area contributed by atoms with Crippen LogP contribution in [0.3, 0.4) is 0 Å². The summed E-state index contributed by atoms with van der Waals surface area (Å²) >= 11 is 0. The van der Waals surface area contributed by atoms with Gasteiger partial charge in [0.2, 0.25) is 0 Å². The van der Waals surface area contributed by atoms with Gasteiger partial charge in [-0.2, -0.15) is 5.10 Å². The van der Waals surface area contributed by atoms with E-state index in [1.165, 1.54) is 0 Å². The number of carboxylic acids is 1. The summed E-state index contributed by atoms with van der Waals surface area (Å²) in [6, 6.07) is 1.77. The van der Waals surface area contributed by atoms with E-state index in [1.807, 2.05) is 13.8 Å². The zero-order valence-electron chi connectivity index (χ0n) is 12.7. The van der Waals surface area contributed by atoms with Gasteiger partial charge in [-0.1, -0.05) is 13.8 Å². The maximum atomic E-state index is 12.0. The Bertz CT molecular complexity index is 504. The lowest BCUT2D eigenvalue weighted by Gasteiger charge is -2.18. The second-order valence-corrected chi connectivity index (χ2v) is 5.93. The number of rotatable bonds is 6. The number of carbonyl (C=O) groups excluding carboxylic acids is 1. The minimum atomic E-state index is -0.866. The van der Waals surface area contributed by atoms with Gasteiger partial charge < -0.3 is 10.4 Å². The van der Waals surface area contributed by atoms with Crippen molar-refractivity contribution in [1.29, 1.82) is 0 Å². The largest absolute Gasteiger partial charge is 0.481 e. The summed E-state index contributed by atoms with van der Waals surface area (Å²) in [5.74, 6) is -0.837. The molecular weight excluding hydrogens is 258 g/mol. The van der Waals surface area contributed by atoms with Crippen molar-refractivity contribution in [3.63, 3.8) is 0 Å². The normalized spacial score (nSPS) is 11.7. The monoisotopic (exact) mass is 281 g/mol. The van der Waals surface area contributed by atoms with Gasteiger partial charge in [-0.25, -0.2) is 0 Å².